The van der Waals surface area contributed by atoms with Crippen molar-refractivity contribution in [2.24, 2.45) is 0 Å². The minimum atomic E-state index is -0.606. The van der Waals surface area contributed by atoms with Gasteiger partial charge in [-0.05, 0) is 43.5 Å². The van der Waals surface area contributed by atoms with Crippen LogP contribution >= 0.6 is 15.9 Å². The number of likely N-dealkylation sites (tertiary alicyclic amines) is 1. The van der Waals surface area contributed by atoms with Crippen LogP contribution < -0.4 is 5.32 Å². The minimum Gasteiger partial charge on any atom is -0.467 e. The molecule has 20 heavy (non-hydrogen) atoms. The lowest BCUT2D eigenvalue weighted by atomic mass is 9.98. The lowest BCUT2D eigenvalue weighted by molar-refractivity contribution is -0.145. The van der Waals surface area contributed by atoms with E-state index in [1.165, 1.54) is 20.0 Å². The van der Waals surface area contributed by atoms with Crippen LogP contribution in [-0.4, -0.2) is 42.6 Å². The monoisotopic (exact) mass is 338 g/mol. The van der Waals surface area contributed by atoms with Crippen LogP contribution in [0.1, 0.15) is 19.3 Å². The molecule has 0 radical (unpaired) electrons. The van der Waals surface area contributed by atoms with Crippen LogP contribution in [0.25, 0.3) is 0 Å². The third-order valence-electron chi connectivity index (χ3n) is 4.17. The molecular formula is C15H19BrN2O2. The van der Waals surface area contributed by atoms with E-state index < -0.39 is 5.54 Å². The Balaban J connectivity index is 1.79. The minimum absolute atomic E-state index is 0.163. The van der Waals surface area contributed by atoms with Crippen LogP contribution in [0.2, 0.25) is 0 Å². The summed E-state index contributed by atoms with van der Waals surface area (Å²) in [7, 11) is 1.47. The summed E-state index contributed by atoms with van der Waals surface area (Å²) < 4.78 is 6.07. The highest BCUT2D eigenvalue weighted by Gasteiger charge is 2.49. The molecular weight excluding hydrogens is 320 g/mol. The lowest BCUT2D eigenvalue weighted by Gasteiger charge is -2.29. The van der Waals surface area contributed by atoms with Gasteiger partial charge in [-0.3, -0.25) is 4.90 Å². The number of anilines is 1. The fourth-order valence-corrected chi connectivity index (χ4v) is 3.18. The molecule has 0 aromatic heterocycles. The van der Waals surface area contributed by atoms with Gasteiger partial charge in [-0.2, -0.15) is 0 Å². The molecule has 1 N–H and O–H groups in total. The SMILES string of the molecule is COC(=O)C1(Nc2ccc(Br)cc2)CCN(C2CC2)C1. The molecule has 0 amide bonds. The van der Waals surface area contributed by atoms with Crippen molar-refractivity contribution in [1.82, 2.24) is 4.90 Å². The Hall–Kier alpha value is -1.07. The fraction of sp³-hybridized carbons (Fsp3) is 0.533. The standard InChI is InChI=1S/C15H19BrN2O2/c1-20-14(19)15(8-9-18(10-15)13-6-7-13)17-12-4-2-11(16)3-5-12/h2-5,13,17H,6-10H2,1H3. The molecule has 2 aliphatic rings. The van der Waals surface area contributed by atoms with E-state index in [4.69, 9.17) is 4.74 Å². The molecule has 5 heteroatoms. The highest BCUT2D eigenvalue weighted by molar-refractivity contribution is 9.10. The van der Waals surface area contributed by atoms with Crippen molar-refractivity contribution >= 4 is 27.6 Å². The highest BCUT2D eigenvalue weighted by Crippen LogP contribution is 2.35. The lowest BCUT2D eigenvalue weighted by Crippen LogP contribution is -2.49. The van der Waals surface area contributed by atoms with E-state index in [0.717, 1.165) is 29.7 Å². The Morgan fingerprint density at radius 1 is 1.40 bits per heavy atom. The van der Waals surface area contributed by atoms with Crippen molar-refractivity contribution < 1.29 is 9.53 Å². The van der Waals surface area contributed by atoms with Gasteiger partial charge in [0.2, 0.25) is 0 Å². The van der Waals surface area contributed by atoms with E-state index in [1.807, 2.05) is 24.3 Å². The van der Waals surface area contributed by atoms with Crippen LogP contribution in [0.15, 0.2) is 28.7 Å². The average molecular weight is 339 g/mol. The molecule has 0 spiro atoms. The van der Waals surface area contributed by atoms with Crippen molar-refractivity contribution in [2.75, 3.05) is 25.5 Å². The maximum absolute atomic E-state index is 12.3. The Morgan fingerprint density at radius 3 is 2.70 bits per heavy atom. The van der Waals surface area contributed by atoms with Gasteiger partial charge in [0.25, 0.3) is 0 Å². The van der Waals surface area contributed by atoms with Gasteiger partial charge >= 0.3 is 5.97 Å². The summed E-state index contributed by atoms with van der Waals surface area (Å²) in [5, 5.41) is 3.41. The molecule has 1 saturated carbocycles. The van der Waals surface area contributed by atoms with Gasteiger partial charge in [0.15, 0.2) is 0 Å². The molecule has 1 aliphatic heterocycles. The maximum atomic E-state index is 12.3. The maximum Gasteiger partial charge on any atom is 0.332 e. The van der Waals surface area contributed by atoms with Crippen LogP contribution in [0.3, 0.4) is 0 Å². The first-order chi connectivity index (χ1) is 9.63. The summed E-state index contributed by atoms with van der Waals surface area (Å²) in [4.78, 5) is 14.7. The van der Waals surface area contributed by atoms with Crippen molar-refractivity contribution in [3.8, 4) is 0 Å². The molecule has 1 aromatic carbocycles. The number of halogens is 1. The molecule has 0 bridgehead atoms. The Labute approximate surface area is 127 Å². The molecule has 3 rings (SSSR count). The molecule has 4 nitrogen and oxygen atoms in total. The zero-order valence-electron chi connectivity index (χ0n) is 11.6. The second-order valence-corrected chi connectivity index (χ2v) is 6.57. The van der Waals surface area contributed by atoms with Crippen molar-refractivity contribution in [2.45, 2.75) is 30.8 Å². The zero-order chi connectivity index (χ0) is 14.2. The van der Waals surface area contributed by atoms with E-state index in [-0.39, 0.29) is 5.97 Å². The van der Waals surface area contributed by atoms with Crippen molar-refractivity contribution in [3.63, 3.8) is 0 Å². The number of esters is 1. The predicted octanol–water partition coefficient (Wildman–Crippen LogP) is 2.64. The third kappa shape index (κ3) is 2.69. The number of carbonyl (C=O) groups is 1. The number of ether oxygens (including phenoxy) is 1. The normalized spacial score (nSPS) is 26.5. The van der Waals surface area contributed by atoms with Crippen LogP contribution in [0.5, 0.6) is 0 Å². The summed E-state index contributed by atoms with van der Waals surface area (Å²) in [5.74, 6) is -0.163. The summed E-state index contributed by atoms with van der Waals surface area (Å²) in [6.07, 6.45) is 3.32. The third-order valence-corrected chi connectivity index (χ3v) is 4.69. The van der Waals surface area contributed by atoms with E-state index in [2.05, 4.69) is 26.1 Å². The Bertz CT molecular complexity index is 501. The van der Waals surface area contributed by atoms with Gasteiger partial charge in [-0.15, -0.1) is 0 Å². The van der Waals surface area contributed by atoms with Crippen LogP contribution in [0, 0.1) is 0 Å². The number of hydrogen-bond donors (Lipinski definition) is 1. The molecule has 108 valence electrons. The van der Waals surface area contributed by atoms with Gasteiger partial charge in [-0.25, -0.2) is 4.79 Å². The van der Waals surface area contributed by atoms with Crippen molar-refractivity contribution in [3.05, 3.63) is 28.7 Å². The number of methoxy groups -OCH3 is 1. The second-order valence-electron chi connectivity index (χ2n) is 5.66. The average Bonchev–Trinajstić information content (AvgIpc) is 3.22. The van der Waals surface area contributed by atoms with Crippen molar-refractivity contribution in [1.29, 1.82) is 0 Å². The van der Waals surface area contributed by atoms with E-state index >= 15 is 0 Å². The topological polar surface area (TPSA) is 41.6 Å². The first-order valence-electron chi connectivity index (χ1n) is 6.99. The van der Waals surface area contributed by atoms with E-state index in [9.17, 15) is 4.79 Å². The van der Waals surface area contributed by atoms with E-state index in [0.29, 0.717) is 6.04 Å². The Kier molecular flexibility index (Phi) is 3.73. The van der Waals surface area contributed by atoms with Gasteiger partial charge in [0.1, 0.15) is 5.54 Å². The molecule has 1 heterocycles. The number of benzene rings is 1. The number of nitrogens with one attached hydrogen (secondary N) is 1. The summed E-state index contributed by atoms with van der Waals surface area (Å²) >= 11 is 3.42. The summed E-state index contributed by atoms with van der Waals surface area (Å²) in [6, 6.07) is 8.58. The first-order valence-corrected chi connectivity index (χ1v) is 7.78. The second kappa shape index (κ2) is 5.37. The Morgan fingerprint density at radius 2 is 2.10 bits per heavy atom. The molecule has 1 unspecified atom stereocenters. The predicted molar refractivity (Wildman–Crippen MR) is 81.7 cm³/mol. The van der Waals surface area contributed by atoms with Gasteiger partial charge in [-0.1, -0.05) is 15.9 Å². The summed E-state index contributed by atoms with van der Waals surface area (Å²) in [6.45, 7) is 1.70. The largest absolute Gasteiger partial charge is 0.467 e. The number of rotatable bonds is 4. The molecule has 1 atom stereocenters. The number of nitrogens with zero attached hydrogens (tertiary/aromatic N) is 1. The number of hydrogen-bond acceptors (Lipinski definition) is 4. The van der Waals surface area contributed by atoms with Crippen LogP contribution in [0.4, 0.5) is 5.69 Å². The summed E-state index contributed by atoms with van der Waals surface area (Å²) in [5.41, 5.74) is 0.349. The number of carbonyl (C=O) groups excluding carboxylic acids is 1. The van der Waals surface area contributed by atoms with Gasteiger partial charge in [0, 0.05) is 29.3 Å². The molecule has 2 fully saturated rings. The fourth-order valence-electron chi connectivity index (χ4n) is 2.92. The molecule has 1 aromatic rings. The van der Waals surface area contributed by atoms with Gasteiger partial charge < -0.3 is 10.1 Å². The first kappa shape index (κ1) is 13.9. The zero-order valence-corrected chi connectivity index (χ0v) is 13.1. The smallest absolute Gasteiger partial charge is 0.332 e. The highest BCUT2D eigenvalue weighted by atomic mass is 79.9. The van der Waals surface area contributed by atoms with Gasteiger partial charge in [0.05, 0.1) is 7.11 Å². The molecule has 1 aliphatic carbocycles. The van der Waals surface area contributed by atoms with Crippen LogP contribution in [-0.2, 0) is 9.53 Å². The van der Waals surface area contributed by atoms with E-state index in [1.54, 1.807) is 0 Å². The molecule has 1 saturated heterocycles. The quantitative estimate of drug-likeness (QED) is 0.857.